The molecule has 0 aromatic heterocycles. The van der Waals surface area contributed by atoms with Crippen molar-refractivity contribution in [1.29, 1.82) is 0 Å². The van der Waals surface area contributed by atoms with Gasteiger partial charge in [0.05, 0.1) is 13.2 Å². The van der Waals surface area contributed by atoms with E-state index in [0.717, 1.165) is 24.4 Å². The molecule has 0 amide bonds. The molecule has 1 unspecified atom stereocenters. The highest BCUT2D eigenvalue weighted by atomic mass is 16.6. The molecule has 0 spiro atoms. The number of esters is 2. The minimum Gasteiger partial charge on any atom is -0.459 e. The first kappa shape index (κ1) is 20.0. The second kappa shape index (κ2) is 9.38. The number of ether oxygens (including phenoxy) is 3. The fourth-order valence-corrected chi connectivity index (χ4v) is 2.84. The van der Waals surface area contributed by atoms with Crippen molar-refractivity contribution < 1.29 is 23.8 Å². The molecule has 2 rings (SSSR count). The largest absolute Gasteiger partial charge is 0.459 e. The monoisotopic (exact) mass is 361 g/mol. The molecule has 2 aliphatic rings. The Hall–Kier alpha value is -2.34. The van der Waals surface area contributed by atoms with Crippen LogP contribution in [-0.4, -0.2) is 49.7 Å². The lowest BCUT2D eigenvalue weighted by Gasteiger charge is -2.30. The van der Waals surface area contributed by atoms with Gasteiger partial charge in [0, 0.05) is 30.8 Å². The smallest absolute Gasteiger partial charge is 0.350 e. The predicted octanol–water partition coefficient (Wildman–Crippen LogP) is 2.74. The van der Waals surface area contributed by atoms with Crippen molar-refractivity contribution >= 4 is 11.9 Å². The standard InChI is InChI=1S/C20H27NO5/c1-5-21(6-2)16-8-7-15-11-17(20(23)26-18(15)12-16)19(22)25-10-9-24-13-14(3)4/h8,11-12,15H,3,5-7,9-10,13H2,1-2,4H3. The minimum absolute atomic E-state index is 0.0493. The molecule has 0 aromatic rings. The van der Waals surface area contributed by atoms with E-state index >= 15 is 0 Å². The van der Waals surface area contributed by atoms with Crippen molar-refractivity contribution in [3.8, 4) is 0 Å². The van der Waals surface area contributed by atoms with Gasteiger partial charge in [-0.3, -0.25) is 0 Å². The Morgan fingerprint density at radius 1 is 1.35 bits per heavy atom. The van der Waals surface area contributed by atoms with Crippen molar-refractivity contribution in [2.24, 2.45) is 5.92 Å². The van der Waals surface area contributed by atoms with Crippen LogP contribution in [0.25, 0.3) is 0 Å². The molecule has 26 heavy (non-hydrogen) atoms. The van der Waals surface area contributed by atoms with Crippen molar-refractivity contribution in [1.82, 2.24) is 4.90 Å². The highest BCUT2D eigenvalue weighted by molar-refractivity contribution is 6.15. The van der Waals surface area contributed by atoms with Gasteiger partial charge < -0.3 is 19.1 Å². The van der Waals surface area contributed by atoms with Crippen molar-refractivity contribution in [3.63, 3.8) is 0 Å². The number of fused-ring (bicyclic) bond motifs is 1. The molecule has 1 heterocycles. The Bertz CT molecular complexity index is 655. The number of hydrogen-bond donors (Lipinski definition) is 0. The summed E-state index contributed by atoms with van der Waals surface area (Å²) in [6.45, 7) is 12.2. The zero-order valence-electron chi connectivity index (χ0n) is 15.7. The molecule has 1 atom stereocenters. The predicted molar refractivity (Wildman–Crippen MR) is 98.0 cm³/mol. The van der Waals surface area contributed by atoms with Gasteiger partial charge in [-0.05, 0) is 27.2 Å². The second-order valence-electron chi connectivity index (χ2n) is 6.31. The van der Waals surface area contributed by atoms with E-state index in [-0.39, 0.29) is 24.7 Å². The van der Waals surface area contributed by atoms with Gasteiger partial charge in [0.15, 0.2) is 0 Å². The van der Waals surface area contributed by atoms with Crippen LogP contribution >= 0.6 is 0 Å². The van der Waals surface area contributed by atoms with Crippen LogP contribution in [0.1, 0.15) is 27.2 Å². The number of hydrogen-bond acceptors (Lipinski definition) is 6. The first-order chi connectivity index (χ1) is 12.5. The van der Waals surface area contributed by atoms with Gasteiger partial charge in [-0.2, -0.15) is 0 Å². The van der Waals surface area contributed by atoms with Gasteiger partial charge in [-0.25, -0.2) is 9.59 Å². The second-order valence-corrected chi connectivity index (χ2v) is 6.31. The maximum atomic E-state index is 12.2. The summed E-state index contributed by atoms with van der Waals surface area (Å²) in [7, 11) is 0. The van der Waals surface area contributed by atoms with Gasteiger partial charge in [-0.1, -0.05) is 24.3 Å². The molecule has 142 valence electrons. The zero-order chi connectivity index (χ0) is 19.1. The van der Waals surface area contributed by atoms with Gasteiger partial charge in [0.1, 0.15) is 17.9 Å². The number of allylic oxidation sites excluding steroid dienone is 3. The van der Waals surface area contributed by atoms with Crippen LogP contribution in [0.15, 0.2) is 47.4 Å². The third kappa shape index (κ3) is 5.08. The SMILES string of the molecule is C=C(C)COCCOC(=O)C1=CC2CC=C(N(CC)CC)C=C2OC1=O. The van der Waals surface area contributed by atoms with Gasteiger partial charge in [0.2, 0.25) is 0 Å². The average Bonchev–Trinajstić information content (AvgIpc) is 2.61. The van der Waals surface area contributed by atoms with Crippen molar-refractivity contribution in [2.45, 2.75) is 27.2 Å². The molecule has 0 bridgehead atoms. The van der Waals surface area contributed by atoms with Crippen molar-refractivity contribution in [2.75, 3.05) is 32.9 Å². The van der Waals surface area contributed by atoms with Crippen LogP contribution in [0, 0.1) is 5.92 Å². The average molecular weight is 361 g/mol. The molecule has 1 aliphatic heterocycles. The molecular formula is C20H27NO5. The third-order valence-electron chi connectivity index (χ3n) is 4.19. The minimum atomic E-state index is -0.675. The fraction of sp³-hybridized carbons (Fsp3) is 0.500. The highest BCUT2D eigenvalue weighted by Gasteiger charge is 2.33. The van der Waals surface area contributed by atoms with Crippen LogP contribution in [0.2, 0.25) is 0 Å². The lowest BCUT2D eigenvalue weighted by atomic mass is 9.92. The molecular weight excluding hydrogens is 334 g/mol. The molecule has 6 nitrogen and oxygen atoms in total. The third-order valence-corrected chi connectivity index (χ3v) is 4.19. The first-order valence-electron chi connectivity index (χ1n) is 8.96. The van der Waals surface area contributed by atoms with E-state index in [2.05, 4.69) is 31.4 Å². The number of likely N-dealkylation sites (N-methyl/N-ethyl adjacent to an activating group) is 1. The number of carbonyl (C=O) groups is 2. The summed E-state index contributed by atoms with van der Waals surface area (Å²) >= 11 is 0. The van der Waals surface area contributed by atoms with E-state index in [0.29, 0.717) is 18.8 Å². The summed E-state index contributed by atoms with van der Waals surface area (Å²) in [5, 5.41) is 0. The Kier molecular flexibility index (Phi) is 7.21. The zero-order valence-corrected chi connectivity index (χ0v) is 15.7. The molecule has 0 saturated carbocycles. The van der Waals surface area contributed by atoms with E-state index < -0.39 is 11.9 Å². The Morgan fingerprint density at radius 3 is 2.73 bits per heavy atom. The Labute approximate surface area is 154 Å². The van der Waals surface area contributed by atoms with Gasteiger partial charge >= 0.3 is 11.9 Å². The molecule has 0 aromatic carbocycles. The molecule has 6 heteroatoms. The van der Waals surface area contributed by atoms with Crippen molar-refractivity contribution in [3.05, 3.63) is 47.4 Å². The quantitative estimate of drug-likeness (QED) is 0.272. The van der Waals surface area contributed by atoms with E-state index in [1.807, 2.05) is 13.0 Å². The number of nitrogens with zero attached hydrogens (tertiary/aromatic N) is 1. The van der Waals surface area contributed by atoms with E-state index in [1.165, 1.54) is 0 Å². The van der Waals surface area contributed by atoms with E-state index in [4.69, 9.17) is 14.2 Å². The highest BCUT2D eigenvalue weighted by Crippen LogP contribution is 2.32. The molecule has 0 saturated heterocycles. The summed E-state index contributed by atoms with van der Waals surface area (Å²) in [4.78, 5) is 26.5. The topological polar surface area (TPSA) is 65.1 Å². The Morgan fingerprint density at radius 2 is 2.08 bits per heavy atom. The maximum Gasteiger partial charge on any atom is 0.350 e. The molecule has 1 aliphatic carbocycles. The maximum absolute atomic E-state index is 12.2. The normalized spacial score (nSPS) is 18.8. The van der Waals surface area contributed by atoms with E-state index in [1.54, 1.807) is 6.08 Å². The van der Waals surface area contributed by atoms with E-state index in [9.17, 15) is 9.59 Å². The summed E-state index contributed by atoms with van der Waals surface area (Å²) < 4.78 is 15.8. The Balaban J connectivity index is 1.95. The summed E-state index contributed by atoms with van der Waals surface area (Å²) in [6, 6.07) is 0. The van der Waals surface area contributed by atoms with Crippen LogP contribution < -0.4 is 0 Å². The van der Waals surface area contributed by atoms with Gasteiger partial charge in [0.25, 0.3) is 0 Å². The number of rotatable bonds is 9. The summed E-state index contributed by atoms with van der Waals surface area (Å²) in [5.74, 6) is -0.873. The molecule has 0 radical (unpaired) electrons. The molecule has 0 N–H and O–H groups in total. The van der Waals surface area contributed by atoms with Gasteiger partial charge in [-0.15, -0.1) is 0 Å². The lowest BCUT2D eigenvalue weighted by molar-refractivity contribution is -0.147. The van der Waals surface area contributed by atoms with Crippen LogP contribution in [0.4, 0.5) is 0 Å². The van der Waals surface area contributed by atoms with Crippen LogP contribution in [-0.2, 0) is 23.8 Å². The number of carbonyl (C=O) groups excluding carboxylic acids is 2. The summed E-state index contributed by atoms with van der Waals surface area (Å²) in [5.41, 5.74) is 1.89. The van der Waals surface area contributed by atoms with Crippen LogP contribution in [0.3, 0.4) is 0 Å². The summed E-state index contributed by atoms with van der Waals surface area (Å²) in [6.07, 6.45) is 6.31. The van der Waals surface area contributed by atoms with Crippen LogP contribution in [0.5, 0.6) is 0 Å². The first-order valence-corrected chi connectivity index (χ1v) is 8.96. The fourth-order valence-electron chi connectivity index (χ4n) is 2.84. The molecule has 0 fully saturated rings. The lowest BCUT2D eigenvalue weighted by Crippen LogP contribution is -2.29.